The molecule has 1 rings (SSSR count). The van der Waals surface area contributed by atoms with E-state index in [4.69, 9.17) is 5.11 Å². The Morgan fingerprint density at radius 1 is 1.64 bits per heavy atom. The third-order valence-corrected chi connectivity index (χ3v) is 2.05. The highest BCUT2D eigenvalue weighted by Gasteiger charge is 2.29. The Kier molecular flexibility index (Phi) is 3.02. The topological polar surface area (TPSA) is 55.1 Å². The Hall–Kier alpha value is -0.800. The van der Waals surface area contributed by atoms with Crippen LogP contribution in [0, 0.1) is 3.57 Å². The average molecular weight is 320 g/mol. The standard InChI is InChI=1S/C6H4F3IN2O2/c7-6(8,9)2-12-1-3(10)4(11-12)5(13)14/h1H,2H2,(H,13,14). The number of hydrogen-bond donors (Lipinski definition) is 1. The smallest absolute Gasteiger partial charge is 0.408 e. The van der Waals surface area contributed by atoms with Crippen LogP contribution < -0.4 is 0 Å². The number of carbonyl (C=O) groups is 1. The van der Waals surface area contributed by atoms with E-state index in [-0.39, 0.29) is 9.26 Å². The fourth-order valence-electron chi connectivity index (χ4n) is 0.807. The zero-order valence-corrected chi connectivity index (χ0v) is 8.70. The van der Waals surface area contributed by atoms with Crippen LogP contribution in [0.25, 0.3) is 0 Å². The summed E-state index contributed by atoms with van der Waals surface area (Å²) in [6.07, 6.45) is -3.36. The molecule has 8 heteroatoms. The van der Waals surface area contributed by atoms with E-state index in [2.05, 4.69) is 5.10 Å². The Bertz CT molecular complexity index is 360. The Labute approximate surface area is 89.8 Å². The lowest BCUT2D eigenvalue weighted by atomic mass is 10.4. The second kappa shape index (κ2) is 3.75. The Balaban J connectivity index is 2.92. The molecule has 0 saturated carbocycles. The van der Waals surface area contributed by atoms with Gasteiger partial charge in [0.15, 0.2) is 5.69 Å². The second-order valence-electron chi connectivity index (χ2n) is 2.44. The van der Waals surface area contributed by atoms with Gasteiger partial charge in [-0.3, -0.25) is 4.68 Å². The van der Waals surface area contributed by atoms with Crippen molar-refractivity contribution >= 4 is 28.6 Å². The van der Waals surface area contributed by atoms with Crippen molar-refractivity contribution < 1.29 is 23.1 Å². The maximum absolute atomic E-state index is 11.9. The molecule has 1 heterocycles. The highest BCUT2D eigenvalue weighted by Crippen LogP contribution is 2.18. The average Bonchev–Trinajstić information content (AvgIpc) is 2.26. The van der Waals surface area contributed by atoms with Gasteiger partial charge in [-0.05, 0) is 22.6 Å². The lowest BCUT2D eigenvalue weighted by Gasteiger charge is -2.04. The molecule has 1 N–H and O–H groups in total. The molecule has 0 radical (unpaired) electrons. The van der Waals surface area contributed by atoms with Gasteiger partial charge in [0.2, 0.25) is 0 Å². The molecule has 4 nitrogen and oxygen atoms in total. The third kappa shape index (κ3) is 2.86. The van der Waals surface area contributed by atoms with Gasteiger partial charge in [-0.2, -0.15) is 18.3 Å². The largest absolute Gasteiger partial charge is 0.476 e. The molecule has 0 aliphatic rings. The van der Waals surface area contributed by atoms with Gasteiger partial charge in [0.05, 0.1) is 3.57 Å². The van der Waals surface area contributed by atoms with Crippen molar-refractivity contribution in [1.29, 1.82) is 0 Å². The number of nitrogens with zero attached hydrogens (tertiary/aromatic N) is 2. The van der Waals surface area contributed by atoms with E-state index in [0.717, 1.165) is 6.20 Å². The molecule has 0 bridgehead atoms. The van der Waals surface area contributed by atoms with Crippen LogP contribution in [0.2, 0.25) is 0 Å². The van der Waals surface area contributed by atoms with Gasteiger partial charge in [-0.25, -0.2) is 4.79 Å². The number of alkyl halides is 3. The van der Waals surface area contributed by atoms with Gasteiger partial charge in [0, 0.05) is 6.20 Å². The van der Waals surface area contributed by atoms with E-state index in [0.29, 0.717) is 4.68 Å². The number of halogens is 4. The molecule has 0 saturated heterocycles. The monoisotopic (exact) mass is 320 g/mol. The summed E-state index contributed by atoms with van der Waals surface area (Å²) in [5.74, 6) is -1.34. The van der Waals surface area contributed by atoms with Crippen molar-refractivity contribution in [3.63, 3.8) is 0 Å². The zero-order chi connectivity index (χ0) is 10.9. The summed E-state index contributed by atoms with van der Waals surface area (Å²) in [6, 6.07) is 0. The van der Waals surface area contributed by atoms with Crippen molar-refractivity contribution in [2.24, 2.45) is 0 Å². The van der Waals surface area contributed by atoms with E-state index >= 15 is 0 Å². The summed E-state index contributed by atoms with van der Waals surface area (Å²) >= 11 is 1.62. The predicted molar refractivity (Wildman–Crippen MR) is 48.0 cm³/mol. The first-order valence-electron chi connectivity index (χ1n) is 3.32. The highest BCUT2D eigenvalue weighted by molar-refractivity contribution is 14.1. The van der Waals surface area contributed by atoms with Crippen molar-refractivity contribution in [2.75, 3.05) is 0 Å². The number of aromatic nitrogens is 2. The molecular formula is C6H4F3IN2O2. The summed E-state index contributed by atoms with van der Waals surface area (Å²) in [5, 5.41) is 11.8. The molecule has 78 valence electrons. The zero-order valence-electron chi connectivity index (χ0n) is 6.55. The normalized spacial score (nSPS) is 11.7. The van der Waals surface area contributed by atoms with Gasteiger partial charge in [-0.15, -0.1) is 0 Å². The minimum atomic E-state index is -4.40. The molecule has 0 fully saturated rings. The quantitative estimate of drug-likeness (QED) is 0.845. The summed E-state index contributed by atoms with van der Waals surface area (Å²) < 4.78 is 36.4. The summed E-state index contributed by atoms with van der Waals surface area (Å²) in [6.45, 7) is -1.28. The highest BCUT2D eigenvalue weighted by atomic mass is 127. The minimum Gasteiger partial charge on any atom is -0.476 e. The number of rotatable bonds is 2. The van der Waals surface area contributed by atoms with Crippen LogP contribution in [0.1, 0.15) is 10.5 Å². The van der Waals surface area contributed by atoms with Crippen LogP contribution in [0.4, 0.5) is 13.2 Å². The van der Waals surface area contributed by atoms with Gasteiger partial charge < -0.3 is 5.11 Å². The molecule has 0 spiro atoms. The SMILES string of the molecule is O=C(O)c1nn(CC(F)(F)F)cc1I. The molecule has 0 aliphatic carbocycles. The third-order valence-electron chi connectivity index (χ3n) is 1.26. The maximum atomic E-state index is 11.9. The van der Waals surface area contributed by atoms with Crippen LogP contribution in [-0.2, 0) is 6.54 Å². The molecule has 0 aliphatic heterocycles. The van der Waals surface area contributed by atoms with Crippen LogP contribution in [0.3, 0.4) is 0 Å². The van der Waals surface area contributed by atoms with Crippen LogP contribution in [0.15, 0.2) is 6.20 Å². The Morgan fingerprint density at radius 2 is 2.21 bits per heavy atom. The van der Waals surface area contributed by atoms with E-state index < -0.39 is 18.7 Å². The maximum Gasteiger partial charge on any atom is 0.408 e. The molecule has 1 aromatic rings. The number of hydrogen-bond acceptors (Lipinski definition) is 2. The lowest BCUT2D eigenvalue weighted by Crippen LogP contribution is -2.18. The van der Waals surface area contributed by atoms with Crippen molar-refractivity contribution in [1.82, 2.24) is 9.78 Å². The van der Waals surface area contributed by atoms with E-state index in [1.165, 1.54) is 0 Å². The van der Waals surface area contributed by atoms with Crippen LogP contribution >= 0.6 is 22.6 Å². The van der Waals surface area contributed by atoms with Gasteiger partial charge in [0.1, 0.15) is 6.54 Å². The van der Waals surface area contributed by atoms with Crippen LogP contribution in [0.5, 0.6) is 0 Å². The number of aromatic carboxylic acids is 1. The fourth-order valence-corrected chi connectivity index (χ4v) is 1.47. The fraction of sp³-hybridized carbons (Fsp3) is 0.333. The first kappa shape index (κ1) is 11.3. The van der Waals surface area contributed by atoms with Crippen molar-refractivity contribution in [3.05, 3.63) is 15.5 Å². The molecule has 0 atom stereocenters. The molecule has 1 aromatic heterocycles. The van der Waals surface area contributed by atoms with Gasteiger partial charge >= 0.3 is 12.1 Å². The Morgan fingerprint density at radius 3 is 2.57 bits per heavy atom. The van der Waals surface area contributed by atoms with Gasteiger partial charge in [0.25, 0.3) is 0 Å². The number of carboxylic acids is 1. The molecular weight excluding hydrogens is 316 g/mol. The van der Waals surface area contributed by atoms with Crippen LogP contribution in [-0.4, -0.2) is 27.0 Å². The van der Waals surface area contributed by atoms with Crippen molar-refractivity contribution in [3.8, 4) is 0 Å². The molecule has 0 aromatic carbocycles. The first-order chi connectivity index (χ1) is 6.29. The van der Waals surface area contributed by atoms with Crippen molar-refractivity contribution in [2.45, 2.75) is 12.7 Å². The van der Waals surface area contributed by atoms with E-state index in [9.17, 15) is 18.0 Å². The molecule has 0 amide bonds. The second-order valence-corrected chi connectivity index (χ2v) is 3.61. The molecule has 14 heavy (non-hydrogen) atoms. The number of carboxylic acid groups (broad SMARTS) is 1. The molecule has 0 unspecified atom stereocenters. The predicted octanol–water partition coefficient (Wildman–Crippen LogP) is 1.75. The van der Waals surface area contributed by atoms with E-state index in [1.54, 1.807) is 22.6 Å². The lowest BCUT2D eigenvalue weighted by molar-refractivity contribution is -0.142. The first-order valence-corrected chi connectivity index (χ1v) is 4.40. The summed E-state index contributed by atoms with van der Waals surface area (Å²) in [5.41, 5.74) is -0.366. The summed E-state index contributed by atoms with van der Waals surface area (Å²) in [4.78, 5) is 10.4. The minimum absolute atomic E-state index is 0.180. The summed E-state index contributed by atoms with van der Waals surface area (Å²) in [7, 11) is 0. The van der Waals surface area contributed by atoms with E-state index in [1.807, 2.05) is 0 Å². The van der Waals surface area contributed by atoms with Gasteiger partial charge in [-0.1, -0.05) is 0 Å².